The molecule has 1 aliphatic heterocycles. The minimum Gasteiger partial charge on any atom is -0.481 e. The smallest absolute Gasteiger partial charge is 0.303 e. The lowest BCUT2D eigenvalue weighted by Crippen LogP contribution is -2.49. The van der Waals surface area contributed by atoms with Crippen LogP contribution in [0.25, 0.3) is 0 Å². The molecule has 3 rings (SSSR count). The highest BCUT2D eigenvalue weighted by molar-refractivity contribution is 7.89. The summed E-state index contributed by atoms with van der Waals surface area (Å²) in [6, 6.07) is 6.06. The first-order valence-corrected chi connectivity index (χ1v) is 10.9. The fraction of sp³-hybridized carbons (Fsp3) is 0.556. The van der Waals surface area contributed by atoms with Gasteiger partial charge in [-0.3, -0.25) is 9.59 Å². The second kappa shape index (κ2) is 8.16. The maximum atomic E-state index is 13.2. The van der Waals surface area contributed by atoms with Gasteiger partial charge in [-0.1, -0.05) is 11.6 Å². The number of sulfonamides is 1. The summed E-state index contributed by atoms with van der Waals surface area (Å²) < 4.78 is 27.9. The Bertz CT molecular complexity index is 800. The molecule has 0 unspecified atom stereocenters. The normalized spacial score (nSPS) is 18.7. The SMILES string of the molecule is O=C(O)CCC(=O)N1CCC(N(C2CC2)S(=O)(=O)c2ccc(Cl)cc2)CC1. The van der Waals surface area contributed by atoms with Gasteiger partial charge < -0.3 is 10.0 Å². The lowest BCUT2D eigenvalue weighted by atomic mass is 10.0. The second-order valence-electron chi connectivity index (χ2n) is 7.03. The van der Waals surface area contributed by atoms with E-state index < -0.39 is 16.0 Å². The van der Waals surface area contributed by atoms with Crippen molar-refractivity contribution in [2.45, 2.75) is 55.5 Å². The van der Waals surface area contributed by atoms with Gasteiger partial charge in [0.15, 0.2) is 0 Å². The summed E-state index contributed by atoms with van der Waals surface area (Å²) in [6.45, 7) is 0.894. The van der Waals surface area contributed by atoms with E-state index in [2.05, 4.69) is 0 Å². The molecule has 1 aromatic carbocycles. The molecule has 1 N–H and O–H groups in total. The Morgan fingerprint density at radius 1 is 1.04 bits per heavy atom. The molecule has 2 aliphatic rings. The first kappa shape index (κ1) is 20.1. The highest BCUT2D eigenvalue weighted by Gasteiger charge is 2.43. The number of carboxylic acids is 1. The third kappa shape index (κ3) is 4.80. The van der Waals surface area contributed by atoms with Crippen molar-refractivity contribution in [1.29, 1.82) is 0 Å². The number of carboxylic acid groups (broad SMARTS) is 1. The zero-order valence-electron chi connectivity index (χ0n) is 14.9. The van der Waals surface area contributed by atoms with Crippen LogP contribution in [0.2, 0.25) is 5.02 Å². The summed E-state index contributed by atoms with van der Waals surface area (Å²) in [5.74, 6) is -1.18. The second-order valence-corrected chi connectivity index (χ2v) is 9.31. The summed E-state index contributed by atoms with van der Waals surface area (Å²) in [7, 11) is -3.62. The van der Waals surface area contributed by atoms with E-state index in [4.69, 9.17) is 16.7 Å². The van der Waals surface area contributed by atoms with Crippen molar-refractivity contribution in [3.63, 3.8) is 0 Å². The number of halogens is 1. The standard InChI is InChI=1S/C18H23ClN2O5S/c19-13-1-5-16(6-2-13)27(25,26)21(14-3-4-14)15-9-11-20(12-10-15)17(22)7-8-18(23)24/h1-2,5-6,14-15H,3-4,7-12H2,(H,23,24). The van der Waals surface area contributed by atoms with Gasteiger partial charge in [0.1, 0.15) is 0 Å². The van der Waals surface area contributed by atoms with E-state index in [1.807, 2.05) is 0 Å². The van der Waals surface area contributed by atoms with Crippen LogP contribution >= 0.6 is 11.6 Å². The molecule has 1 saturated carbocycles. The molecule has 1 heterocycles. The Morgan fingerprint density at radius 2 is 1.59 bits per heavy atom. The van der Waals surface area contributed by atoms with Crippen molar-refractivity contribution in [1.82, 2.24) is 9.21 Å². The Kier molecular flexibility index (Phi) is 6.08. The van der Waals surface area contributed by atoms with Crippen molar-refractivity contribution in [3.05, 3.63) is 29.3 Å². The summed E-state index contributed by atoms with van der Waals surface area (Å²) in [5.41, 5.74) is 0. The number of aliphatic carboxylic acids is 1. The Morgan fingerprint density at radius 3 is 2.11 bits per heavy atom. The van der Waals surface area contributed by atoms with E-state index >= 15 is 0 Å². The molecular weight excluding hydrogens is 392 g/mol. The van der Waals surface area contributed by atoms with E-state index in [0.717, 1.165) is 12.8 Å². The van der Waals surface area contributed by atoms with Crippen LogP contribution in [0.5, 0.6) is 0 Å². The predicted molar refractivity (Wildman–Crippen MR) is 100.0 cm³/mol. The van der Waals surface area contributed by atoms with Crippen LogP contribution in [0, 0.1) is 0 Å². The minimum atomic E-state index is -3.62. The van der Waals surface area contributed by atoms with Gasteiger partial charge in [-0.2, -0.15) is 4.31 Å². The zero-order chi connectivity index (χ0) is 19.6. The van der Waals surface area contributed by atoms with E-state index in [-0.39, 0.29) is 35.7 Å². The Balaban J connectivity index is 1.68. The number of likely N-dealkylation sites (tertiary alicyclic amines) is 1. The lowest BCUT2D eigenvalue weighted by Gasteiger charge is -2.38. The first-order chi connectivity index (χ1) is 12.8. The zero-order valence-corrected chi connectivity index (χ0v) is 16.5. The summed E-state index contributed by atoms with van der Waals surface area (Å²) in [6.07, 6.45) is 2.62. The molecule has 148 valence electrons. The number of hydrogen-bond donors (Lipinski definition) is 1. The van der Waals surface area contributed by atoms with Crippen LogP contribution in [-0.4, -0.2) is 59.8 Å². The molecule has 0 aromatic heterocycles. The van der Waals surface area contributed by atoms with Gasteiger partial charge >= 0.3 is 5.97 Å². The van der Waals surface area contributed by atoms with E-state index in [0.29, 0.717) is 31.0 Å². The molecule has 27 heavy (non-hydrogen) atoms. The molecule has 1 aromatic rings. The van der Waals surface area contributed by atoms with Crippen molar-refractivity contribution in [3.8, 4) is 0 Å². The van der Waals surface area contributed by atoms with Crippen LogP contribution in [-0.2, 0) is 19.6 Å². The van der Waals surface area contributed by atoms with Gasteiger partial charge in [0.05, 0.1) is 11.3 Å². The van der Waals surface area contributed by atoms with Crippen molar-refractivity contribution >= 4 is 33.5 Å². The van der Waals surface area contributed by atoms with Gasteiger partial charge in [0, 0.05) is 36.6 Å². The molecule has 9 heteroatoms. The first-order valence-electron chi connectivity index (χ1n) is 9.07. The Labute approximate surface area is 164 Å². The topological polar surface area (TPSA) is 95.0 Å². The number of piperidine rings is 1. The molecule has 0 atom stereocenters. The summed E-state index contributed by atoms with van der Waals surface area (Å²) in [4.78, 5) is 24.6. The van der Waals surface area contributed by atoms with Crippen LogP contribution in [0.4, 0.5) is 0 Å². The number of rotatable bonds is 7. The fourth-order valence-electron chi connectivity index (χ4n) is 3.49. The van der Waals surface area contributed by atoms with Gasteiger partial charge in [0.25, 0.3) is 0 Å². The number of carbonyl (C=O) groups is 2. The highest BCUT2D eigenvalue weighted by Crippen LogP contribution is 2.37. The minimum absolute atomic E-state index is 0.0184. The van der Waals surface area contributed by atoms with Crippen LogP contribution < -0.4 is 0 Å². The largest absolute Gasteiger partial charge is 0.481 e. The molecule has 0 spiro atoms. The average molecular weight is 415 g/mol. The van der Waals surface area contributed by atoms with Crippen molar-refractivity contribution in [2.75, 3.05) is 13.1 Å². The fourth-order valence-corrected chi connectivity index (χ4v) is 5.55. The lowest BCUT2D eigenvalue weighted by molar-refractivity contribution is -0.141. The van der Waals surface area contributed by atoms with Crippen molar-refractivity contribution < 1.29 is 23.1 Å². The maximum absolute atomic E-state index is 13.2. The van der Waals surface area contributed by atoms with Gasteiger partial charge in [-0.15, -0.1) is 0 Å². The third-order valence-electron chi connectivity index (χ3n) is 5.03. The number of benzene rings is 1. The number of nitrogens with zero attached hydrogens (tertiary/aromatic N) is 2. The van der Waals surface area contributed by atoms with Crippen LogP contribution in [0.3, 0.4) is 0 Å². The molecular formula is C18H23ClN2O5S. The molecule has 0 bridgehead atoms. The molecule has 1 saturated heterocycles. The van der Waals surface area contributed by atoms with Gasteiger partial charge in [-0.25, -0.2) is 8.42 Å². The maximum Gasteiger partial charge on any atom is 0.303 e. The van der Waals surface area contributed by atoms with Gasteiger partial charge in [0.2, 0.25) is 15.9 Å². The highest BCUT2D eigenvalue weighted by atomic mass is 35.5. The van der Waals surface area contributed by atoms with Crippen LogP contribution in [0.1, 0.15) is 38.5 Å². The van der Waals surface area contributed by atoms with Crippen molar-refractivity contribution in [2.24, 2.45) is 0 Å². The predicted octanol–water partition coefficient (Wildman–Crippen LogP) is 2.35. The Hall–Kier alpha value is -1.64. The van der Waals surface area contributed by atoms with Crippen LogP contribution in [0.15, 0.2) is 29.2 Å². The number of carbonyl (C=O) groups excluding carboxylic acids is 1. The molecule has 0 radical (unpaired) electrons. The molecule has 7 nitrogen and oxygen atoms in total. The van der Waals surface area contributed by atoms with E-state index in [9.17, 15) is 18.0 Å². The summed E-state index contributed by atoms with van der Waals surface area (Å²) >= 11 is 5.87. The average Bonchev–Trinajstić information content (AvgIpc) is 3.45. The quantitative estimate of drug-likeness (QED) is 0.738. The third-order valence-corrected chi connectivity index (χ3v) is 7.30. The number of amides is 1. The molecule has 2 fully saturated rings. The molecule has 1 amide bonds. The van der Waals surface area contributed by atoms with Gasteiger partial charge in [-0.05, 0) is 49.9 Å². The van der Waals surface area contributed by atoms with E-state index in [1.165, 1.54) is 12.1 Å². The monoisotopic (exact) mass is 414 g/mol. The number of hydrogen-bond acceptors (Lipinski definition) is 4. The van der Waals surface area contributed by atoms with E-state index in [1.54, 1.807) is 21.3 Å². The molecule has 1 aliphatic carbocycles. The summed E-state index contributed by atoms with van der Waals surface area (Å²) in [5, 5.41) is 9.19.